The number of fused-ring (bicyclic) bond motifs is 6. The third kappa shape index (κ3) is 8.48. The predicted molar refractivity (Wildman–Crippen MR) is 339 cm³/mol. The Morgan fingerprint density at radius 2 is 0.375 bits per heavy atom. The molecule has 0 aliphatic heterocycles. The van der Waals surface area contributed by atoms with E-state index in [2.05, 4.69) is 325 Å². The van der Waals surface area contributed by atoms with E-state index in [4.69, 9.17) is 0 Å². The fourth-order valence-electron chi connectivity index (χ4n) is 12.1. The first-order chi connectivity index (χ1) is 39.6. The molecule has 0 aliphatic carbocycles. The summed E-state index contributed by atoms with van der Waals surface area (Å²) < 4.78 is 4.84. The number of aromatic nitrogens is 2. The molecule has 0 saturated heterocycles. The maximum absolute atomic E-state index is 2.43. The van der Waals surface area contributed by atoms with Gasteiger partial charge in [-0.05, 0) is 174 Å². The van der Waals surface area contributed by atoms with E-state index in [0.29, 0.717) is 0 Å². The molecule has 2 nitrogen and oxygen atoms in total. The van der Waals surface area contributed by atoms with E-state index in [0.717, 1.165) is 11.4 Å². The molecule has 15 rings (SSSR count). The summed E-state index contributed by atoms with van der Waals surface area (Å²) in [6, 6.07) is 115. The van der Waals surface area contributed by atoms with Crippen LogP contribution >= 0.6 is 0 Å². The van der Waals surface area contributed by atoms with Crippen LogP contribution in [0, 0.1) is 0 Å². The third-order valence-electron chi connectivity index (χ3n) is 16.1. The summed E-state index contributed by atoms with van der Waals surface area (Å²) in [5.41, 5.74) is 26.2. The molecule has 0 spiro atoms. The molecule has 2 aromatic heterocycles. The maximum atomic E-state index is 2.43. The second-order valence-corrected chi connectivity index (χ2v) is 20.9. The van der Waals surface area contributed by atoms with Crippen molar-refractivity contribution < 1.29 is 0 Å². The van der Waals surface area contributed by atoms with E-state index in [1.165, 1.54) is 133 Å². The van der Waals surface area contributed by atoms with Crippen LogP contribution in [0.5, 0.6) is 0 Å². The van der Waals surface area contributed by atoms with Crippen LogP contribution in [0.2, 0.25) is 0 Å². The maximum Gasteiger partial charge on any atom is 0.0541 e. The van der Waals surface area contributed by atoms with Crippen molar-refractivity contribution in [2.75, 3.05) is 0 Å². The van der Waals surface area contributed by atoms with Crippen LogP contribution in [0.25, 0.3) is 144 Å². The standard InChI is InChI=1S/C78H52N2/c1-3-17-53(18-4-1)57-21-11-24-60(45-57)62-26-14-27-63(48-62)61-25-12-22-58(46-61)55-37-39-56(40-38-55)59-23-13-28-64(47-59)66-30-16-32-70(50-66)80-76-36-10-8-34-72(76)74-52-68(42-44-78(74)80)67-41-43-77-73(51-67)71-33-7-9-35-75(71)79(77)69-31-15-29-65(49-69)54-19-5-2-6-20-54/h1-52H. The van der Waals surface area contributed by atoms with Crippen molar-refractivity contribution in [3.05, 3.63) is 315 Å². The van der Waals surface area contributed by atoms with Crippen molar-refractivity contribution in [3.63, 3.8) is 0 Å². The Kier molecular flexibility index (Phi) is 11.6. The molecule has 15 aromatic rings. The molecule has 0 amide bonds. The zero-order valence-electron chi connectivity index (χ0n) is 43.9. The van der Waals surface area contributed by atoms with E-state index in [-0.39, 0.29) is 0 Å². The summed E-state index contributed by atoms with van der Waals surface area (Å²) in [4.78, 5) is 0. The normalized spacial score (nSPS) is 11.5. The van der Waals surface area contributed by atoms with Gasteiger partial charge in [0.25, 0.3) is 0 Å². The van der Waals surface area contributed by atoms with Gasteiger partial charge < -0.3 is 9.13 Å². The monoisotopic (exact) mass is 1020 g/mol. The van der Waals surface area contributed by atoms with Gasteiger partial charge in [-0.2, -0.15) is 0 Å². The molecule has 0 atom stereocenters. The second kappa shape index (κ2) is 19.8. The summed E-state index contributed by atoms with van der Waals surface area (Å²) in [5, 5.41) is 4.95. The fraction of sp³-hybridized carbons (Fsp3) is 0. The lowest BCUT2D eigenvalue weighted by Gasteiger charge is -2.12. The third-order valence-corrected chi connectivity index (χ3v) is 16.1. The second-order valence-electron chi connectivity index (χ2n) is 20.9. The minimum atomic E-state index is 1.13. The van der Waals surface area contributed by atoms with Crippen molar-refractivity contribution in [1.82, 2.24) is 9.13 Å². The number of benzene rings is 13. The molecule has 0 N–H and O–H groups in total. The van der Waals surface area contributed by atoms with Crippen LogP contribution < -0.4 is 0 Å². The summed E-state index contributed by atoms with van der Waals surface area (Å²) in [6.45, 7) is 0. The van der Waals surface area contributed by atoms with Gasteiger partial charge in [0.2, 0.25) is 0 Å². The summed E-state index contributed by atoms with van der Waals surface area (Å²) >= 11 is 0. The molecule has 0 bridgehead atoms. The molecule has 2 heteroatoms. The Bertz CT molecular complexity index is 4810. The Balaban J connectivity index is 0.713. The smallest absolute Gasteiger partial charge is 0.0541 e. The fourth-order valence-corrected chi connectivity index (χ4v) is 12.1. The van der Waals surface area contributed by atoms with Crippen LogP contribution in [-0.4, -0.2) is 9.13 Å². The van der Waals surface area contributed by atoms with Gasteiger partial charge in [-0.3, -0.25) is 0 Å². The Labute approximate surface area is 466 Å². The molecule has 374 valence electrons. The first-order valence-electron chi connectivity index (χ1n) is 27.5. The van der Waals surface area contributed by atoms with Crippen molar-refractivity contribution in [3.8, 4) is 100 Å². The minimum absolute atomic E-state index is 1.13. The highest BCUT2D eigenvalue weighted by molar-refractivity contribution is 6.13. The van der Waals surface area contributed by atoms with Gasteiger partial charge in [-0.15, -0.1) is 0 Å². The number of hydrogen-bond donors (Lipinski definition) is 0. The average Bonchev–Trinajstić information content (AvgIpc) is 4.23. The van der Waals surface area contributed by atoms with E-state index in [1.54, 1.807) is 0 Å². The predicted octanol–water partition coefficient (Wildman–Crippen LogP) is 21.2. The molecule has 0 saturated carbocycles. The number of rotatable bonds is 10. The lowest BCUT2D eigenvalue weighted by Crippen LogP contribution is -1.94. The highest BCUT2D eigenvalue weighted by atomic mass is 15.0. The lowest BCUT2D eigenvalue weighted by molar-refractivity contribution is 1.18. The molecule has 2 heterocycles. The number of nitrogens with zero attached hydrogens (tertiary/aromatic N) is 2. The molecule has 80 heavy (non-hydrogen) atoms. The largest absolute Gasteiger partial charge is 0.309 e. The number of hydrogen-bond acceptors (Lipinski definition) is 0. The van der Waals surface area contributed by atoms with Crippen molar-refractivity contribution in [2.24, 2.45) is 0 Å². The van der Waals surface area contributed by atoms with Gasteiger partial charge in [0.15, 0.2) is 0 Å². The Hall–Kier alpha value is -10.5. The number of para-hydroxylation sites is 2. The van der Waals surface area contributed by atoms with Crippen molar-refractivity contribution in [1.29, 1.82) is 0 Å². The van der Waals surface area contributed by atoms with Crippen molar-refractivity contribution >= 4 is 43.6 Å². The van der Waals surface area contributed by atoms with Crippen LogP contribution in [0.1, 0.15) is 0 Å². The zero-order valence-corrected chi connectivity index (χ0v) is 43.9. The summed E-state index contributed by atoms with van der Waals surface area (Å²) in [6.07, 6.45) is 0. The summed E-state index contributed by atoms with van der Waals surface area (Å²) in [5.74, 6) is 0. The average molecular weight is 1020 g/mol. The SMILES string of the molecule is c1ccc(-c2cccc(-c3cccc(-c4cccc(-c5ccc(-c6cccc(-c7cccc(-n8c9ccccc9c9cc(-c%10ccc%11c(c%10)c%10ccccc%10n%11-c%10cccc(-c%11ccccc%11)c%10)ccc98)c7)c6)cc5)c4)c3)c2)cc1. The van der Waals surface area contributed by atoms with Crippen LogP contribution in [-0.2, 0) is 0 Å². The molecule has 13 aromatic carbocycles. The summed E-state index contributed by atoms with van der Waals surface area (Å²) in [7, 11) is 0. The van der Waals surface area contributed by atoms with E-state index < -0.39 is 0 Å². The highest BCUT2D eigenvalue weighted by Crippen LogP contribution is 2.40. The van der Waals surface area contributed by atoms with Gasteiger partial charge >= 0.3 is 0 Å². The molecule has 0 fully saturated rings. The molecule has 0 radical (unpaired) electrons. The van der Waals surface area contributed by atoms with Gasteiger partial charge in [0, 0.05) is 32.9 Å². The van der Waals surface area contributed by atoms with Crippen LogP contribution in [0.3, 0.4) is 0 Å². The Morgan fingerprint density at radius 1 is 0.138 bits per heavy atom. The molecular weight excluding hydrogens is 965 g/mol. The molecule has 0 unspecified atom stereocenters. The molecule has 0 aliphatic rings. The minimum Gasteiger partial charge on any atom is -0.309 e. The highest BCUT2D eigenvalue weighted by Gasteiger charge is 2.18. The molecular formula is C78H52N2. The lowest BCUT2D eigenvalue weighted by atomic mass is 9.94. The first-order valence-corrected chi connectivity index (χ1v) is 27.5. The van der Waals surface area contributed by atoms with Gasteiger partial charge in [0.05, 0.1) is 22.1 Å². The van der Waals surface area contributed by atoms with Crippen LogP contribution in [0.15, 0.2) is 315 Å². The first kappa shape index (κ1) is 46.7. The quantitative estimate of drug-likeness (QED) is 0.129. The van der Waals surface area contributed by atoms with E-state index in [9.17, 15) is 0 Å². The van der Waals surface area contributed by atoms with E-state index in [1.807, 2.05) is 0 Å². The van der Waals surface area contributed by atoms with E-state index >= 15 is 0 Å². The van der Waals surface area contributed by atoms with Crippen molar-refractivity contribution in [2.45, 2.75) is 0 Å². The van der Waals surface area contributed by atoms with Gasteiger partial charge in [-0.1, -0.05) is 231 Å². The Morgan fingerprint density at radius 3 is 0.750 bits per heavy atom. The van der Waals surface area contributed by atoms with Gasteiger partial charge in [0.1, 0.15) is 0 Å². The zero-order chi connectivity index (χ0) is 52.9. The van der Waals surface area contributed by atoms with Gasteiger partial charge in [-0.25, -0.2) is 0 Å². The van der Waals surface area contributed by atoms with Crippen LogP contribution in [0.4, 0.5) is 0 Å². The topological polar surface area (TPSA) is 9.86 Å².